The standard InChI is InChI=1S/C44H70O14/c1-22-31(49)36(58-37-34(52)33(51)32(50)26(56-37)19-54-23(2)47)35(53)38(55-22)57-30-12-13-40(5)27(41(30,6)20-45)11-14-42(7)28(40)10-9-24-25-17-39(3,4)15-16-44(25,21-46)29(48)18-43(24,42)8/h9-10,22,26-38,45-46,48-53H,11-21H2,1-8H3/t22-,26-,27-,28-,29+,30-,31+,32-,33+,34-,35?,36+,37+,38+,40+,41-,42-,43-,44-/m1/s1. The van der Waals surface area contributed by atoms with Gasteiger partial charge in [0.15, 0.2) is 12.6 Å². The lowest BCUT2D eigenvalue weighted by Crippen LogP contribution is -2.67. The van der Waals surface area contributed by atoms with Gasteiger partial charge in [-0.1, -0.05) is 59.3 Å². The number of aliphatic hydroxyl groups excluding tert-OH is 8. The van der Waals surface area contributed by atoms with E-state index >= 15 is 0 Å². The van der Waals surface area contributed by atoms with Gasteiger partial charge in [-0.15, -0.1) is 0 Å². The fourth-order valence-corrected chi connectivity index (χ4v) is 13.2. The van der Waals surface area contributed by atoms with Crippen molar-refractivity contribution in [3.8, 4) is 0 Å². The first-order valence-electron chi connectivity index (χ1n) is 21.5. The minimum Gasteiger partial charge on any atom is -0.463 e. The number of aliphatic hydroxyl groups is 8. The number of allylic oxidation sites excluding steroid dienone is 3. The Hall–Kier alpha value is -1.53. The van der Waals surface area contributed by atoms with Crippen LogP contribution in [0.3, 0.4) is 0 Å². The predicted molar refractivity (Wildman–Crippen MR) is 208 cm³/mol. The fraction of sp³-hybridized carbons (Fsp3) is 0.886. The third-order valence-corrected chi connectivity index (χ3v) is 17.1. The highest BCUT2D eigenvalue weighted by Crippen LogP contribution is 2.74. The molecule has 2 saturated heterocycles. The van der Waals surface area contributed by atoms with Crippen LogP contribution < -0.4 is 0 Å². The predicted octanol–water partition coefficient (Wildman–Crippen LogP) is 2.25. The van der Waals surface area contributed by atoms with Gasteiger partial charge in [0.2, 0.25) is 0 Å². The molecule has 0 amide bonds. The number of esters is 1. The molecule has 0 aromatic heterocycles. The van der Waals surface area contributed by atoms with Crippen LogP contribution in [-0.2, 0) is 28.5 Å². The van der Waals surface area contributed by atoms with Crippen molar-refractivity contribution >= 4 is 5.97 Å². The molecule has 14 heteroatoms. The van der Waals surface area contributed by atoms with E-state index in [9.17, 15) is 45.6 Å². The van der Waals surface area contributed by atoms with Crippen molar-refractivity contribution in [1.82, 2.24) is 0 Å². The SMILES string of the molecule is CC(=O)OC[C@H]1O[C@@H](O[C@@H]2C(O)[C@H](O[C@@H]3CC[C@@]4(C)[C@@H](CC[C@]5(C)[C@@H]4C=CC4=C6CC(C)(C)CC[C@]6(CO)[C@@H](O)C[C@]45C)[C@@]3(C)CO)O[C@H](C)[C@@H]2O)[C@H](O)[C@@H](O)[C@@H]1O. The first-order chi connectivity index (χ1) is 27.0. The molecule has 7 rings (SSSR count). The molecule has 5 fully saturated rings. The van der Waals surface area contributed by atoms with Crippen LogP contribution in [0.4, 0.5) is 0 Å². The highest BCUT2D eigenvalue weighted by Gasteiger charge is 2.69. The molecule has 0 radical (unpaired) electrons. The van der Waals surface area contributed by atoms with Crippen LogP contribution in [-0.4, -0.2) is 140 Å². The minimum absolute atomic E-state index is 0.00610. The Morgan fingerprint density at radius 1 is 0.810 bits per heavy atom. The second-order valence-electron chi connectivity index (χ2n) is 20.9. The van der Waals surface area contributed by atoms with Crippen molar-refractivity contribution in [3.05, 3.63) is 23.3 Å². The lowest BCUT2D eigenvalue weighted by Gasteiger charge is -2.70. The Kier molecular flexibility index (Phi) is 11.8. The Balaban J connectivity index is 1.13. The van der Waals surface area contributed by atoms with Crippen LogP contribution >= 0.6 is 0 Å². The molecule has 7 aliphatic rings. The summed E-state index contributed by atoms with van der Waals surface area (Å²) in [5, 5.41) is 88.8. The van der Waals surface area contributed by atoms with E-state index in [0.717, 1.165) is 38.5 Å². The zero-order valence-electron chi connectivity index (χ0n) is 35.5. The van der Waals surface area contributed by atoms with E-state index in [1.807, 2.05) is 6.92 Å². The quantitative estimate of drug-likeness (QED) is 0.130. The van der Waals surface area contributed by atoms with Crippen molar-refractivity contribution < 1.29 is 69.3 Å². The highest BCUT2D eigenvalue weighted by molar-refractivity contribution is 5.65. The Morgan fingerprint density at radius 2 is 1.50 bits per heavy atom. The molecule has 3 saturated carbocycles. The van der Waals surface area contributed by atoms with Gasteiger partial charge in [0, 0.05) is 23.2 Å². The van der Waals surface area contributed by atoms with Gasteiger partial charge in [-0.25, -0.2) is 0 Å². The monoisotopic (exact) mass is 822 g/mol. The Labute approximate surface area is 342 Å². The summed E-state index contributed by atoms with van der Waals surface area (Å²) >= 11 is 0. The third-order valence-electron chi connectivity index (χ3n) is 17.1. The molecule has 8 N–H and O–H groups in total. The van der Waals surface area contributed by atoms with Gasteiger partial charge < -0.3 is 64.5 Å². The molecule has 0 aromatic carbocycles. The highest BCUT2D eigenvalue weighted by atomic mass is 16.7. The smallest absolute Gasteiger partial charge is 0.302 e. The van der Waals surface area contributed by atoms with Gasteiger partial charge >= 0.3 is 5.97 Å². The van der Waals surface area contributed by atoms with Crippen LogP contribution in [0.2, 0.25) is 0 Å². The molecule has 5 aliphatic carbocycles. The van der Waals surface area contributed by atoms with Crippen molar-refractivity contribution in [1.29, 1.82) is 0 Å². The Morgan fingerprint density at radius 3 is 2.16 bits per heavy atom. The second kappa shape index (κ2) is 15.4. The number of ether oxygens (including phenoxy) is 5. The summed E-state index contributed by atoms with van der Waals surface area (Å²) in [6.45, 7) is 15.7. The van der Waals surface area contributed by atoms with Crippen molar-refractivity contribution in [2.24, 2.45) is 44.3 Å². The summed E-state index contributed by atoms with van der Waals surface area (Å²) < 4.78 is 29.3. The van der Waals surface area contributed by atoms with E-state index in [2.05, 4.69) is 46.8 Å². The lowest BCUT2D eigenvalue weighted by atomic mass is 9.35. The van der Waals surface area contributed by atoms with E-state index in [0.29, 0.717) is 12.8 Å². The van der Waals surface area contributed by atoms with Crippen LogP contribution in [0.1, 0.15) is 107 Å². The van der Waals surface area contributed by atoms with E-state index in [1.54, 1.807) is 6.92 Å². The van der Waals surface area contributed by atoms with Crippen LogP contribution in [0.15, 0.2) is 23.3 Å². The van der Waals surface area contributed by atoms with E-state index in [4.69, 9.17) is 23.7 Å². The molecule has 58 heavy (non-hydrogen) atoms. The molecule has 0 aromatic rings. The van der Waals surface area contributed by atoms with Crippen molar-refractivity contribution in [3.63, 3.8) is 0 Å². The Bertz CT molecular complexity index is 1620. The summed E-state index contributed by atoms with van der Waals surface area (Å²) in [6.07, 6.45) is -5.02. The zero-order chi connectivity index (χ0) is 42.5. The molecule has 2 aliphatic heterocycles. The molecule has 0 spiro atoms. The minimum atomic E-state index is -1.77. The zero-order valence-corrected chi connectivity index (χ0v) is 35.5. The maximum Gasteiger partial charge on any atom is 0.302 e. The molecule has 0 bridgehead atoms. The number of hydrogen-bond acceptors (Lipinski definition) is 14. The molecular formula is C44H70O14. The number of carbonyl (C=O) groups is 1. The number of hydrogen-bond donors (Lipinski definition) is 8. The summed E-state index contributed by atoms with van der Waals surface area (Å²) in [7, 11) is 0. The van der Waals surface area contributed by atoms with Gasteiger partial charge in [0.05, 0.1) is 31.5 Å². The summed E-state index contributed by atoms with van der Waals surface area (Å²) in [6, 6.07) is 0. The van der Waals surface area contributed by atoms with Crippen LogP contribution in [0, 0.1) is 44.3 Å². The van der Waals surface area contributed by atoms with Crippen LogP contribution in [0.5, 0.6) is 0 Å². The molecule has 1 unspecified atom stereocenters. The first kappa shape index (κ1) is 44.5. The van der Waals surface area contributed by atoms with Crippen molar-refractivity contribution in [2.75, 3.05) is 19.8 Å². The average molecular weight is 823 g/mol. The molecule has 2 heterocycles. The normalized spacial score (nSPS) is 52.6. The topological polar surface area (TPSA) is 225 Å². The average Bonchev–Trinajstić information content (AvgIpc) is 3.16. The van der Waals surface area contributed by atoms with E-state index in [1.165, 1.54) is 18.1 Å². The van der Waals surface area contributed by atoms with Crippen molar-refractivity contribution in [2.45, 2.75) is 180 Å². The first-order valence-corrected chi connectivity index (χ1v) is 21.5. The third kappa shape index (κ3) is 6.70. The number of rotatable bonds is 8. The van der Waals surface area contributed by atoms with Gasteiger partial charge in [0.1, 0.15) is 49.3 Å². The summed E-state index contributed by atoms with van der Waals surface area (Å²) in [5.41, 5.74) is 0.393. The number of fused-ring (bicyclic) bond motifs is 6. The molecular weight excluding hydrogens is 752 g/mol. The molecule has 14 nitrogen and oxygen atoms in total. The molecule has 330 valence electrons. The van der Waals surface area contributed by atoms with Gasteiger partial charge in [-0.3, -0.25) is 4.79 Å². The largest absolute Gasteiger partial charge is 0.463 e. The van der Waals surface area contributed by atoms with Crippen LogP contribution in [0.25, 0.3) is 0 Å². The summed E-state index contributed by atoms with van der Waals surface area (Å²) in [5.74, 6) is -0.515. The van der Waals surface area contributed by atoms with Gasteiger partial charge in [-0.2, -0.15) is 0 Å². The second-order valence-corrected chi connectivity index (χ2v) is 20.9. The maximum atomic E-state index is 12.0. The molecule has 19 atom stereocenters. The van der Waals surface area contributed by atoms with E-state index in [-0.39, 0.29) is 46.7 Å². The fourth-order valence-electron chi connectivity index (χ4n) is 13.2. The lowest BCUT2D eigenvalue weighted by molar-refractivity contribution is -0.367. The van der Waals surface area contributed by atoms with E-state index < -0.39 is 97.0 Å². The number of carbonyl (C=O) groups excluding carboxylic acids is 1. The maximum absolute atomic E-state index is 12.0. The van der Waals surface area contributed by atoms with Gasteiger partial charge in [-0.05, 0) is 91.9 Å². The van der Waals surface area contributed by atoms with Gasteiger partial charge in [0.25, 0.3) is 0 Å². The summed E-state index contributed by atoms with van der Waals surface area (Å²) in [4.78, 5) is 11.4.